The maximum absolute atomic E-state index is 6.03. The number of ether oxygens (including phenoxy) is 2. The Labute approximate surface area is 169 Å². The van der Waals surface area contributed by atoms with Gasteiger partial charge in [0.2, 0.25) is 5.89 Å². The summed E-state index contributed by atoms with van der Waals surface area (Å²) in [5.41, 5.74) is 2.47. The molecule has 2 aromatic heterocycles. The van der Waals surface area contributed by atoms with E-state index in [0.717, 1.165) is 29.0 Å². The van der Waals surface area contributed by atoms with E-state index in [0.29, 0.717) is 24.1 Å². The van der Waals surface area contributed by atoms with Crippen LogP contribution in [0.1, 0.15) is 30.8 Å². The average Bonchev–Trinajstić information content (AvgIpc) is 3.42. The fourth-order valence-electron chi connectivity index (χ4n) is 3.05. The number of hydrogen-bond acceptors (Lipinski definition) is 5. The normalized spacial score (nSPS) is 12.5. The van der Waals surface area contributed by atoms with Crippen LogP contribution in [-0.4, -0.2) is 28.3 Å². The Kier molecular flexibility index (Phi) is 5.61. The quantitative estimate of drug-likeness (QED) is 0.413. The highest BCUT2D eigenvalue weighted by Gasteiger charge is 2.07. The monoisotopic (exact) mass is 389 g/mol. The van der Waals surface area contributed by atoms with Gasteiger partial charge in [0.25, 0.3) is 0 Å². The van der Waals surface area contributed by atoms with Crippen molar-refractivity contribution in [2.75, 3.05) is 13.7 Å². The Morgan fingerprint density at radius 3 is 2.90 bits per heavy atom. The number of fused-ring (bicyclic) bond motifs is 1. The lowest BCUT2D eigenvalue weighted by Crippen LogP contribution is -2.08. The Balaban J connectivity index is 1.44. The number of benzene rings is 2. The molecule has 0 aliphatic heterocycles. The highest BCUT2D eigenvalue weighted by Crippen LogP contribution is 2.24. The van der Waals surface area contributed by atoms with Crippen molar-refractivity contribution in [1.82, 2.24) is 14.5 Å². The zero-order valence-electron chi connectivity index (χ0n) is 16.5. The van der Waals surface area contributed by atoms with E-state index in [4.69, 9.17) is 13.9 Å². The maximum atomic E-state index is 6.03. The first-order valence-electron chi connectivity index (χ1n) is 9.55. The number of para-hydroxylation sites is 1. The van der Waals surface area contributed by atoms with E-state index in [9.17, 15) is 0 Å². The molecule has 4 rings (SSSR count). The van der Waals surface area contributed by atoms with Gasteiger partial charge in [-0.3, -0.25) is 0 Å². The van der Waals surface area contributed by atoms with Crippen LogP contribution in [0.25, 0.3) is 23.3 Å². The molecule has 0 aliphatic rings. The van der Waals surface area contributed by atoms with Crippen LogP contribution in [0.5, 0.6) is 11.5 Å². The molecule has 4 aromatic rings. The van der Waals surface area contributed by atoms with Crippen LogP contribution in [0.15, 0.2) is 65.6 Å². The summed E-state index contributed by atoms with van der Waals surface area (Å²) in [6, 6.07) is 13.8. The first kappa shape index (κ1) is 18.8. The average molecular weight is 389 g/mol. The minimum Gasteiger partial charge on any atom is -0.497 e. The van der Waals surface area contributed by atoms with Crippen molar-refractivity contribution in [3.8, 4) is 11.5 Å². The third-order valence-electron chi connectivity index (χ3n) is 4.76. The topological polar surface area (TPSA) is 62.3 Å². The summed E-state index contributed by atoms with van der Waals surface area (Å²) in [7, 11) is 1.63. The molecule has 2 aromatic carbocycles. The Bertz CT molecular complexity index is 1100. The van der Waals surface area contributed by atoms with Crippen molar-refractivity contribution in [1.29, 1.82) is 0 Å². The summed E-state index contributed by atoms with van der Waals surface area (Å²) < 4.78 is 19.1. The van der Waals surface area contributed by atoms with Gasteiger partial charge in [-0.2, -0.15) is 0 Å². The number of oxazole rings is 1. The highest BCUT2D eigenvalue weighted by molar-refractivity contribution is 5.78. The van der Waals surface area contributed by atoms with Gasteiger partial charge in [-0.25, -0.2) is 9.97 Å². The van der Waals surface area contributed by atoms with E-state index in [2.05, 4.69) is 21.5 Å². The van der Waals surface area contributed by atoms with E-state index < -0.39 is 0 Å². The van der Waals surface area contributed by atoms with Crippen LogP contribution in [0.2, 0.25) is 0 Å². The predicted molar refractivity (Wildman–Crippen MR) is 113 cm³/mol. The number of methoxy groups -OCH3 is 1. The molecule has 148 valence electrons. The van der Waals surface area contributed by atoms with Gasteiger partial charge < -0.3 is 18.5 Å². The number of rotatable bonds is 8. The molecule has 6 nitrogen and oxygen atoms in total. The second kappa shape index (κ2) is 8.65. The largest absolute Gasteiger partial charge is 0.497 e. The van der Waals surface area contributed by atoms with Crippen LogP contribution in [0, 0.1) is 0 Å². The van der Waals surface area contributed by atoms with Gasteiger partial charge >= 0.3 is 0 Å². The molecule has 0 saturated heterocycles. The van der Waals surface area contributed by atoms with Gasteiger partial charge in [0, 0.05) is 42.6 Å². The van der Waals surface area contributed by atoms with Crippen molar-refractivity contribution in [3.63, 3.8) is 0 Å². The molecular formula is C23H23N3O3. The molecule has 29 heavy (non-hydrogen) atoms. The molecule has 0 bridgehead atoms. The number of aromatic nitrogens is 3. The Hall–Kier alpha value is -3.54. The van der Waals surface area contributed by atoms with Crippen molar-refractivity contribution in [3.05, 3.63) is 72.6 Å². The van der Waals surface area contributed by atoms with Crippen molar-refractivity contribution < 1.29 is 13.9 Å². The summed E-state index contributed by atoms with van der Waals surface area (Å²) in [5, 5.41) is 0. The molecule has 0 N–H and O–H groups in total. The minimum absolute atomic E-state index is 0.331. The fourth-order valence-corrected chi connectivity index (χ4v) is 3.05. The molecular weight excluding hydrogens is 366 g/mol. The van der Waals surface area contributed by atoms with Gasteiger partial charge in [0.05, 0.1) is 20.0 Å². The van der Waals surface area contributed by atoms with Crippen molar-refractivity contribution in [2.45, 2.75) is 19.4 Å². The lowest BCUT2D eigenvalue weighted by Gasteiger charge is -2.14. The lowest BCUT2D eigenvalue weighted by atomic mass is 10.2. The third kappa shape index (κ3) is 4.48. The minimum atomic E-state index is 0.331. The molecule has 6 heteroatoms. The van der Waals surface area contributed by atoms with E-state index in [1.807, 2.05) is 67.1 Å². The second-order valence-corrected chi connectivity index (χ2v) is 6.75. The number of nitrogens with zero attached hydrogens (tertiary/aromatic N) is 3. The van der Waals surface area contributed by atoms with E-state index >= 15 is 0 Å². The smallest absolute Gasteiger partial charge is 0.220 e. The molecule has 1 atom stereocenters. The van der Waals surface area contributed by atoms with Crippen LogP contribution in [0.3, 0.4) is 0 Å². The highest BCUT2D eigenvalue weighted by atomic mass is 16.5. The molecule has 1 unspecified atom stereocenters. The van der Waals surface area contributed by atoms with E-state index in [1.165, 1.54) is 0 Å². The molecule has 2 heterocycles. The van der Waals surface area contributed by atoms with Gasteiger partial charge in [0.15, 0.2) is 5.58 Å². The number of hydrogen-bond donors (Lipinski definition) is 0. The summed E-state index contributed by atoms with van der Waals surface area (Å²) in [6.07, 6.45) is 10.3. The van der Waals surface area contributed by atoms with Crippen LogP contribution < -0.4 is 9.47 Å². The van der Waals surface area contributed by atoms with E-state index in [-0.39, 0.29) is 0 Å². The zero-order chi connectivity index (χ0) is 20.1. The molecule has 0 radical (unpaired) electrons. The maximum Gasteiger partial charge on any atom is 0.220 e. The first-order chi connectivity index (χ1) is 14.2. The second-order valence-electron chi connectivity index (χ2n) is 6.75. The molecule has 0 aliphatic carbocycles. The van der Waals surface area contributed by atoms with Crippen molar-refractivity contribution >= 4 is 23.3 Å². The van der Waals surface area contributed by atoms with Crippen LogP contribution in [0.4, 0.5) is 0 Å². The molecule has 0 amide bonds. The van der Waals surface area contributed by atoms with Gasteiger partial charge in [-0.1, -0.05) is 18.2 Å². The predicted octanol–water partition coefficient (Wildman–Crippen LogP) is 5.23. The van der Waals surface area contributed by atoms with Gasteiger partial charge in [-0.15, -0.1) is 0 Å². The summed E-state index contributed by atoms with van der Waals surface area (Å²) in [6.45, 7) is 2.77. The van der Waals surface area contributed by atoms with Crippen molar-refractivity contribution in [2.24, 2.45) is 0 Å². The molecule has 0 spiro atoms. The fraction of sp³-hybridized carbons (Fsp3) is 0.217. The van der Waals surface area contributed by atoms with E-state index in [1.54, 1.807) is 13.3 Å². The molecule has 0 fully saturated rings. The van der Waals surface area contributed by atoms with Gasteiger partial charge in [0.1, 0.15) is 17.0 Å². The summed E-state index contributed by atoms with van der Waals surface area (Å²) in [4.78, 5) is 8.58. The Morgan fingerprint density at radius 2 is 2.07 bits per heavy atom. The molecule has 0 saturated carbocycles. The number of imidazole rings is 1. The summed E-state index contributed by atoms with van der Waals surface area (Å²) >= 11 is 0. The lowest BCUT2D eigenvalue weighted by molar-refractivity contribution is 0.283. The van der Waals surface area contributed by atoms with Crippen LogP contribution >= 0.6 is 0 Å². The van der Waals surface area contributed by atoms with Gasteiger partial charge in [-0.05, 0) is 31.2 Å². The standard InChI is InChI=1S/C23H23N3O3/c1-17(26-13-12-24-16-26)11-14-28-21-6-4-3-5-18(21)7-10-23-25-20-9-8-19(27-2)15-22(20)29-23/h3-10,12-13,15-17H,11,14H2,1-2H3/b10-7+. The first-order valence-corrected chi connectivity index (χ1v) is 9.55. The van der Waals surface area contributed by atoms with Crippen LogP contribution in [-0.2, 0) is 0 Å². The SMILES string of the molecule is COc1ccc2nc(/C=C/c3ccccc3OCCC(C)n3ccnc3)oc2c1. The zero-order valence-corrected chi connectivity index (χ0v) is 16.5. The Morgan fingerprint density at radius 1 is 1.17 bits per heavy atom. The summed E-state index contributed by atoms with van der Waals surface area (Å²) in [5.74, 6) is 2.11. The third-order valence-corrected chi connectivity index (χ3v) is 4.76.